The van der Waals surface area contributed by atoms with Crippen molar-refractivity contribution in [1.82, 2.24) is 5.32 Å². The molecule has 2 aromatic rings. The minimum Gasteiger partial charge on any atom is -0.486 e. The topological polar surface area (TPSA) is 78.0 Å². The lowest BCUT2D eigenvalue weighted by atomic mass is 10.1. The van der Waals surface area contributed by atoms with E-state index >= 15 is 0 Å². The van der Waals surface area contributed by atoms with Crippen molar-refractivity contribution in [1.29, 1.82) is 0 Å². The third-order valence-electron chi connectivity index (χ3n) is 3.89. The smallest absolute Gasteiger partial charge is 0.284 e. The Morgan fingerprint density at radius 1 is 1.28 bits per heavy atom. The van der Waals surface area contributed by atoms with Gasteiger partial charge in [0.15, 0.2) is 17.1 Å². The van der Waals surface area contributed by atoms with Crippen molar-refractivity contribution >= 4 is 5.69 Å². The van der Waals surface area contributed by atoms with E-state index in [1.807, 2.05) is 30.3 Å². The van der Waals surface area contributed by atoms with Crippen molar-refractivity contribution < 1.29 is 14.4 Å². The van der Waals surface area contributed by atoms with Crippen LogP contribution in [0.25, 0.3) is 4.85 Å². The number of nitro groups is 1. The van der Waals surface area contributed by atoms with Crippen LogP contribution in [0, 0.1) is 16.7 Å². The van der Waals surface area contributed by atoms with Gasteiger partial charge in [-0.15, -0.1) is 0 Å². The zero-order valence-corrected chi connectivity index (χ0v) is 13.5. The van der Waals surface area contributed by atoms with Crippen molar-refractivity contribution in [2.75, 3.05) is 13.2 Å². The SMILES string of the molecule is [C-]#[N+]Cc1c([N+](=O)[O-])ccc2c1O[C@@H](CNCc1ccccc1)CO2. The van der Waals surface area contributed by atoms with Gasteiger partial charge in [0.2, 0.25) is 6.54 Å². The Morgan fingerprint density at radius 2 is 2.08 bits per heavy atom. The van der Waals surface area contributed by atoms with Crippen molar-refractivity contribution in [2.45, 2.75) is 19.2 Å². The molecule has 0 saturated carbocycles. The van der Waals surface area contributed by atoms with Gasteiger partial charge in [0, 0.05) is 19.2 Å². The predicted octanol–water partition coefficient (Wildman–Crippen LogP) is 2.94. The molecule has 1 aliphatic rings. The van der Waals surface area contributed by atoms with Gasteiger partial charge in [0.25, 0.3) is 5.69 Å². The molecule has 7 nitrogen and oxygen atoms in total. The summed E-state index contributed by atoms with van der Waals surface area (Å²) in [6, 6.07) is 12.8. The molecule has 0 saturated heterocycles. The van der Waals surface area contributed by atoms with Crippen LogP contribution in [0.1, 0.15) is 11.1 Å². The fourth-order valence-corrected chi connectivity index (χ4v) is 2.70. The first kappa shape index (κ1) is 16.7. The number of benzene rings is 2. The van der Waals surface area contributed by atoms with Crippen LogP contribution >= 0.6 is 0 Å². The second-order valence-electron chi connectivity index (χ2n) is 5.63. The Kier molecular flexibility index (Phi) is 5.11. The van der Waals surface area contributed by atoms with E-state index < -0.39 is 4.92 Å². The van der Waals surface area contributed by atoms with E-state index in [-0.39, 0.29) is 23.9 Å². The molecule has 7 heteroatoms. The Hall–Kier alpha value is -3.11. The highest BCUT2D eigenvalue weighted by molar-refractivity contribution is 5.58. The molecule has 0 aromatic heterocycles. The van der Waals surface area contributed by atoms with Gasteiger partial charge in [0.05, 0.1) is 4.92 Å². The lowest BCUT2D eigenvalue weighted by Gasteiger charge is -2.27. The molecule has 0 bridgehead atoms. The van der Waals surface area contributed by atoms with E-state index in [1.54, 1.807) is 0 Å². The summed E-state index contributed by atoms with van der Waals surface area (Å²) in [4.78, 5) is 14.0. The van der Waals surface area contributed by atoms with E-state index in [9.17, 15) is 10.1 Å². The van der Waals surface area contributed by atoms with Crippen LogP contribution in [0.2, 0.25) is 0 Å². The van der Waals surface area contributed by atoms with Gasteiger partial charge in [-0.25, -0.2) is 6.57 Å². The molecule has 0 radical (unpaired) electrons. The van der Waals surface area contributed by atoms with E-state index in [0.29, 0.717) is 31.2 Å². The van der Waals surface area contributed by atoms with Gasteiger partial charge >= 0.3 is 0 Å². The second-order valence-corrected chi connectivity index (χ2v) is 5.63. The van der Waals surface area contributed by atoms with Crippen LogP contribution in [-0.4, -0.2) is 24.2 Å². The summed E-state index contributed by atoms with van der Waals surface area (Å²) in [6.45, 7) is 8.51. The van der Waals surface area contributed by atoms with Gasteiger partial charge in [-0.1, -0.05) is 30.3 Å². The van der Waals surface area contributed by atoms with Crippen LogP contribution in [0.15, 0.2) is 42.5 Å². The van der Waals surface area contributed by atoms with Crippen LogP contribution in [0.5, 0.6) is 11.5 Å². The first-order valence-electron chi connectivity index (χ1n) is 7.86. The highest BCUT2D eigenvalue weighted by atomic mass is 16.6. The normalized spacial score (nSPS) is 15.4. The van der Waals surface area contributed by atoms with Crippen LogP contribution in [-0.2, 0) is 13.1 Å². The van der Waals surface area contributed by atoms with Crippen molar-refractivity contribution in [3.63, 3.8) is 0 Å². The van der Waals surface area contributed by atoms with Crippen molar-refractivity contribution in [2.24, 2.45) is 0 Å². The molecule has 0 fully saturated rings. The third kappa shape index (κ3) is 3.87. The standard InChI is InChI=1S/C18H17N3O4/c1-19-11-15-16(21(22)23)7-8-17-18(15)25-14(12-24-17)10-20-9-13-5-3-2-4-6-13/h2-8,14,20H,9-12H2/t14-/m0/s1. The summed E-state index contributed by atoms with van der Waals surface area (Å²) in [6.07, 6.45) is -0.275. The summed E-state index contributed by atoms with van der Waals surface area (Å²) in [5.74, 6) is 0.756. The molecule has 25 heavy (non-hydrogen) atoms. The monoisotopic (exact) mass is 339 g/mol. The largest absolute Gasteiger partial charge is 0.486 e. The molecule has 0 spiro atoms. The minimum absolute atomic E-state index is 0.115. The molecule has 3 rings (SSSR count). The maximum absolute atomic E-state index is 11.2. The molecular weight excluding hydrogens is 322 g/mol. The fraction of sp³-hybridized carbons (Fsp3) is 0.278. The number of ether oxygens (including phenoxy) is 2. The molecule has 2 aromatic carbocycles. The molecule has 0 aliphatic carbocycles. The number of hydrogen-bond donors (Lipinski definition) is 1. The van der Waals surface area contributed by atoms with Gasteiger partial charge in [-0.3, -0.25) is 10.1 Å². The minimum atomic E-state index is -0.499. The zero-order valence-electron chi connectivity index (χ0n) is 13.5. The highest BCUT2D eigenvalue weighted by Crippen LogP contribution is 2.40. The van der Waals surface area contributed by atoms with Gasteiger partial charge in [-0.2, -0.15) is 0 Å². The van der Waals surface area contributed by atoms with Crippen molar-refractivity contribution in [3.8, 4) is 11.5 Å². The molecule has 0 unspecified atom stereocenters. The quantitative estimate of drug-likeness (QED) is 0.497. The number of rotatable bonds is 6. The first-order chi connectivity index (χ1) is 12.2. The Balaban J connectivity index is 1.70. The molecular formula is C18H17N3O4. The fourth-order valence-electron chi connectivity index (χ4n) is 2.70. The summed E-state index contributed by atoms with van der Waals surface area (Å²) >= 11 is 0. The van der Waals surface area contributed by atoms with Gasteiger partial charge in [0.1, 0.15) is 12.7 Å². The molecule has 1 aliphatic heterocycles. The Bertz CT molecular complexity index is 802. The average Bonchev–Trinajstić information content (AvgIpc) is 2.63. The molecule has 1 N–H and O–H groups in total. The van der Waals surface area contributed by atoms with Crippen LogP contribution in [0.3, 0.4) is 0 Å². The maximum Gasteiger partial charge on any atom is 0.284 e. The molecule has 1 atom stereocenters. The molecule has 0 amide bonds. The van der Waals surface area contributed by atoms with Crippen LogP contribution in [0.4, 0.5) is 5.69 Å². The predicted molar refractivity (Wildman–Crippen MR) is 91.5 cm³/mol. The maximum atomic E-state index is 11.2. The summed E-state index contributed by atoms with van der Waals surface area (Å²) in [5, 5.41) is 14.5. The van der Waals surface area contributed by atoms with Crippen molar-refractivity contribution in [3.05, 3.63) is 75.1 Å². The summed E-state index contributed by atoms with van der Waals surface area (Å²) in [5.41, 5.74) is 1.31. The summed E-state index contributed by atoms with van der Waals surface area (Å²) in [7, 11) is 0. The number of nitrogens with one attached hydrogen (secondary N) is 1. The van der Waals surface area contributed by atoms with E-state index in [4.69, 9.17) is 16.0 Å². The number of nitrogens with zero attached hydrogens (tertiary/aromatic N) is 2. The van der Waals surface area contributed by atoms with Crippen LogP contribution < -0.4 is 14.8 Å². The second kappa shape index (κ2) is 7.64. The Morgan fingerprint density at radius 3 is 2.80 bits per heavy atom. The lowest BCUT2D eigenvalue weighted by Crippen LogP contribution is -2.38. The first-order valence-corrected chi connectivity index (χ1v) is 7.86. The number of nitro benzene ring substituents is 1. The Labute approximate surface area is 145 Å². The number of fused-ring (bicyclic) bond motifs is 1. The summed E-state index contributed by atoms with van der Waals surface area (Å²) < 4.78 is 11.6. The van der Waals surface area contributed by atoms with E-state index in [2.05, 4.69) is 10.2 Å². The lowest BCUT2D eigenvalue weighted by molar-refractivity contribution is -0.385. The number of hydrogen-bond acceptors (Lipinski definition) is 5. The average molecular weight is 339 g/mol. The van der Waals surface area contributed by atoms with Gasteiger partial charge < -0.3 is 19.6 Å². The zero-order chi connectivity index (χ0) is 17.6. The highest BCUT2D eigenvalue weighted by Gasteiger charge is 2.30. The molecule has 1 heterocycles. The molecule has 128 valence electrons. The third-order valence-corrected chi connectivity index (χ3v) is 3.89. The van der Waals surface area contributed by atoms with Gasteiger partial charge in [-0.05, 0) is 11.6 Å². The van der Waals surface area contributed by atoms with E-state index in [0.717, 1.165) is 5.56 Å². The van der Waals surface area contributed by atoms with E-state index in [1.165, 1.54) is 12.1 Å².